The van der Waals surface area contributed by atoms with Crippen molar-refractivity contribution in [1.29, 1.82) is 0 Å². The van der Waals surface area contributed by atoms with E-state index < -0.39 is 6.04 Å². The second-order valence-electron chi connectivity index (χ2n) is 9.44. The monoisotopic (exact) mass is 534 g/mol. The van der Waals surface area contributed by atoms with E-state index in [9.17, 15) is 14.0 Å². The molecule has 2 amide bonds. The summed E-state index contributed by atoms with van der Waals surface area (Å²) in [5.74, 6) is 0.294. The zero-order valence-electron chi connectivity index (χ0n) is 21.8. The fraction of sp³-hybridized carbons (Fsp3) is 0.345. The molecule has 1 aromatic heterocycles. The van der Waals surface area contributed by atoms with Crippen LogP contribution in [0.1, 0.15) is 34.1 Å². The first-order chi connectivity index (χ1) is 19.0. The number of carbonyl (C=O) groups is 2. The lowest BCUT2D eigenvalue weighted by Gasteiger charge is -2.31. The quantitative estimate of drug-likeness (QED) is 0.417. The summed E-state index contributed by atoms with van der Waals surface area (Å²) >= 11 is 0. The number of halogens is 1. The number of furan rings is 1. The number of methoxy groups -OCH3 is 1. The van der Waals surface area contributed by atoms with Crippen LogP contribution in [0.5, 0.6) is 5.75 Å². The maximum Gasteiger partial charge on any atom is 0.262 e. The van der Waals surface area contributed by atoms with Crippen molar-refractivity contribution in [3.63, 3.8) is 0 Å². The molecule has 0 aliphatic carbocycles. The van der Waals surface area contributed by atoms with Crippen LogP contribution in [-0.2, 0) is 9.53 Å². The van der Waals surface area contributed by atoms with Crippen molar-refractivity contribution < 1.29 is 27.9 Å². The fourth-order valence-corrected chi connectivity index (χ4v) is 4.75. The average molecular weight is 535 g/mol. The molecule has 1 fully saturated rings. The van der Waals surface area contributed by atoms with Gasteiger partial charge in [0.15, 0.2) is 0 Å². The summed E-state index contributed by atoms with van der Waals surface area (Å²) in [7, 11) is 1.57. The van der Waals surface area contributed by atoms with Crippen LogP contribution in [0.25, 0.3) is 0 Å². The topological polar surface area (TPSA) is 87.8 Å². The van der Waals surface area contributed by atoms with E-state index in [1.807, 2.05) is 0 Å². The smallest absolute Gasteiger partial charge is 0.262 e. The summed E-state index contributed by atoms with van der Waals surface area (Å²) in [5.41, 5.74) is 1.83. The lowest BCUT2D eigenvalue weighted by atomic mass is 10.0. The number of hydrogen-bond acceptors (Lipinski definition) is 7. The first-order valence-electron chi connectivity index (χ1n) is 12.9. The van der Waals surface area contributed by atoms with Crippen molar-refractivity contribution >= 4 is 17.5 Å². The zero-order chi connectivity index (χ0) is 27.2. The molecule has 10 heteroatoms. The van der Waals surface area contributed by atoms with Gasteiger partial charge in [0.2, 0.25) is 0 Å². The predicted octanol–water partition coefficient (Wildman–Crippen LogP) is 3.58. The summed E-state index contributed by atoms with van der Waals surface area (Å²) in [4.78, 5) is 31.1. The van der Waals surface area contributed by atoms with Crippen molar-refractivity contribution in [3.8, 4) is 5.75 Å². The predicted molar refractivity (Wildman–Crippen MR) is 142 cm³/mol. The SMILES string of the molecule is COc1ccc(C(=O)N(CCN2CCOCC2)CC(=O)N2N=C(c3ccc(F)cc3)C[C@H]2c2ccco2)cc1. The number of amides is 2. The molecular formula is C29H31FN4O5. The van der Waals surface area contributed by atoms with Crippen LogP contribution in [-0.4, -0.2) is 85.4 Å². The number of rotatable bonds is 9. The van der Waals surface area contributed by atoms with E-state index in [1.54, 1.807) is 66.8 Å². The molecule has 1 saturated heterocycles. The number of morpholine rings is 1. The highest BCUT2D eigenvalue weighted by atomic mass is 19.1. The first kappa shape index (κ1) is 26.6. The molecule has 2 aliphatic heterocycles. The Hall–Kier alpha value is -4.02. The second-order valence-corrected chi connectivity index (χ2v) is 9.44. The third-order valence-corrected chi connectivity index (χ3v) is 6.96. The Morgan fingerprint density at radius 1 is 1.08 bits per heavy atom. The van der Waals surface area contributed by atoms with Gasteiger partial charge in [-0.05, 0) is 54.1 Å². The zero-order valence-corrected chi connectivity index (χ0v) is 21.8. The van der Waals surface area contributed by atoms with Crippen LogP contribution in [0.15, 0.2) is 76.4 Å². The van der Waals surface area contributed by atoms with E-state index >= 15 is 0 Å². The van der Waals surface area contributed by atoms with Crippen LogP contribution in [0.3, 0.4) is 0 Å². The van der Waals surface area contributed by atoms with Gasteiger partial charge in [-0.25, -0.2) is 9.40 Å². The Morgan fingerprint density at radius 3 is 2.49 bits per heavy atom. The van der Waals surface area contributed by atoms with E-state index in [-0.39, 0.29) is 24.2 Å². The van der Waals surface area contributed by atoms with Crippen LogP contribution in [0, 0.1) is 5.82 Å². The number of nitrogens with zero attached hydrogens (tertiary/aromatic N) is 4. The number of carbonyl (C=O) groups excluding carboxylic acids is 2. The summed E-state index contributed by atoms with van der Waals surface area (Å²) < 4.78 is 29.8. The van der Waals surface area contributed by atoms with Crippen molar-refractivity contribution in [2.75, 3.05) is 53.0 Å². The van der Waals surface area contributed by atoms with Crippen molar-refractivity contribution in [2.24, 2.45) is 5.10 Å². The average Bonchev–Trinajstić information content (AvgIpc) is 3.66. The third kappa shape index (κ3) is 6.35. The van der Waals surface area contributed by atoms with Crippen LogP contribution < -0.4 is 4.74 Å². The van der Waals surface area contributed by atoms with Crippen molar-refractivity contribution in [3.05, 3.63) is 89.6 Å². The molecule has 2 aromatic carbocycles. The molecule has 9 nitrogen and oxygen atoms in total. The maximum atomic E-state index is 13.7. The third-order valence-electron chi connectivity index (χ3n) is 6.96. The van der Waals surface area contributed by atoms with Crippen molar-refractivity contribution in [2.45, 2.75) is 12.5 Å². The molecule has 3 heterocycles. The molecule has 5 rings (SSSR count). The van der Waals surface area contributed by atoms with Gasteiger partial charge in [0.05, 0.1) is 32.3 Å². The summed E-state index contributed by atoms with van der Waals surface area (Å²) in [5, 5.41) is 6.01. The van der Waals surface area contributed by atoms with Gasteiger partial charge < -0.3 is 18.8 Å². The normalized spacial score (nSPS) is 17.6. The molecule has 0 spiro atoms. The summed E-state index contributed by atoms with van der Waals surface area (Å²) in [6, 6.07) is 15.9. The van der Waals surface area contributed by atoms with E-state index in [0.717, 1.165) is 18.7 Å². The Kier molecular flexibility index (Phi) is 8.33. The van der Waals surface area contributed by atoms with E-state index in [2.05, 4.69) is 10.0 Å². The molecular weight excluding hydrogens is 503 g/mol. The van der Waals surface area contributed by atoms with E-state index in [4.69, 9.17) is 13.9 Å². The van der Waals surface area contributed by atoms with Gasteiger partial charge in [-0.15, -0.1) is 0 Å². The number of hydrogen-bond donors (Lipinski definition) is 0. The molecule has 1 atom stereocenters. The summed E-state index contributed by atoms with van der Waals surface area (Å²) in [6.45, 7) is 3.66. The van der Waals surface area contributed by atoms with Crippen LogP contribution >= 0.6 is 0 Å². The number of ether oxygens (including phenoxy) is 2. The first-order valence-corrected chi connectivity index (χ1v) is 12.9. The number of hydrazone groups is 1. The Bertz CT molecular complexity index is 1290. The second kappa shape index (κ2) is 12.2. The summed E-state index contributed by atoms with van der Waals surface area (Å²) in [6.07, 6.45) is 1.96. The molecule has 39 heavy (non-hydrogen) atoms. The minimum atomic E-state index is -0.468. The molecule has 0 bridgehead atoms. The van der Waals surface area contributed by atoms with Gasteiger partial charge in [0.25, 0.3) is 11.8 Å². The highest BCUT2D eigenvalue weighted by Gasteiger charge is 2.36. The Morgan fingerprint density at radius 2 is 1.82 bits per heavy atom. The molecule has 0 radical (unpaired) electrons. The van der Waals surface area contributed by atoms with Gasteiger partial charge in [-0.1, -0.05) is 12.1 Å². The largest absolute Gasteiger partial charge is 0.497 e. The van der Waals surface area contributed by atoms with E-state index in [0.29, 0.717) is 55.5 Å². The molecule has 0 N–H and O–H groups in total. The molecule has 204 valence electrons. The lowest BCUT2D eigenvalue weighted by molar-refractivity contribution is -0.134. The maximum absolute atomic E-state index is 13.7. The van der Waals surface area contributed by atoms with E-state index in [1.165, 1.54) is 17.1 Å². The minimum absolute atomic E-state index is 0.160. The highest BCUT2D eigenvalue weighted by Crippen LogP contribution is 2.33. The highest BCUT2D eigenvalue weighted by molar-refractivity contribution is 6.03. The molecule has 0 unspecified atom stereocenters. The number of benzene rings is 2. The Labute approximate surface area is 226 Å². The van der Waals surface area contributed by atoms with Gasteiger partial charge in [0.1, 0.15) is 29.9 Å². The van der Waals surface area contributed by atoms with Crippen molar-refractivity contribution in [1.82, 2.24) is 14.8 Å². The standard InChI is InChI=1S/C29H31FN4O5/c1-37-24-10-6-22(7-11-24)29(36)33(13-12-32-14-17-38-18-15-32)20-28(35)34-26(27-3-2-16-39-27)19-25(31-34)21-4-8-23(30)9-5-21/h2-11,16,26H,12-15,17-20H2,1H3/t26-/m0/s1. The van der Waals surface area contributed by atoms with Crippen LogP contribution in [0.4, 0.5) is 4.39 Å². The molecule has 2 aliphatic rings. The van der Waals surface area contributed by atoms with Gasteiger partial charge in [-0.3, -0.25) is 14.5 Å². The van der Waals surface area contributed by atoms with Gasteiger partial charge in [-0.2, -0.15) is 5.10 Å². The molecule has 0 saturated carbocycles. The fourth-order valence-electron chi connectivity index (χ4n) is 4.75. The van der Waals surface area contributed by atoms with Gasteiger partial charge in [0, 0.05) is 38.2 Å². The molecule has 3 aromatic rings. The minimum Gasteiger partial charge on any atom is -0.497 e. The lowest BCUT2D eigenvalue weighted by Crippen LogP contribution is -2.46. The van der Waals surface area contributed by atoms with Gasteiger partial charge >= 0.3 is 0 Å². The Balaban J connectivity index is 1.38. The van der Waals surface area contributed by atoms with Crippen LogP contribution in [0.2, 0.25) is 0 Å².